The summed E-state index contributed by atoms with van der Waals surface area (Å²) in [5.74, 6) is 0.488. The lowest BCUT2D eigenvalue weighted by molar-refractivity contribution is -0.122. The van der Waals surface area contributed by atoms with Crippen molar-refractivity contribution in [1.82, 2.24) is 15.1 Å². The number of hydrogen-bond donors (Lipinski definition) is 1. The van der Waals surface area contributed by atoms with Gasteiger partial charge in [0, 0.05) is 24.8 Å². The number of benzene rings is 1. The number of carbonyl (C=O) groups is 1. The third kappa shape index (κ3) is 4.45. The summed E-state index contributed by atoms with van der Waals surface area (Å²) >= 11 is 0. The number of rotatable bonds is 6. The Labute approximate surface area is 145 Å². The third-order valence-electron chi connectivity index (χ3n) is 4.10. The summed E-state index contributed by atoms with van der Waals surface area (Å²) in [4.78, 5) is 24.0. The molecule has 0 spiro atoms. The monoisotopic (exact) mass is 343 g/mol. The van der Waals surface area contributed by atoms with Crippen LogP contribution >= 0.6 is 0 Å². The topological polar surface area (TPSA) is 82.5 Å². The molecule has 132 valence electrons. The number of aromatic nitrogens is 2. The molecule has 3 rings (SSSR count). The van der Waals surface area contributed by atoms with Gasteiger partial charge in [0.25, 0.3) is 5.56 Å². The van der Waals surface area contributed by atoms with Crippen LogP contribution in [0.3, 0.4) is 0 Å². The molecule has 0 radical (unpaired) electrons. The molecule has 0 aliphatic carbocycles. The van der Waals surface area contributed by atoms with Gasteiger partial charge in [0.15, 0.2) is 0 Å². The van der Waals surface area contributed by atoms with Crippen molar-refractivity contribution >= 4 is 5.91 Å². The fraction of sp³-hybridized carbons (Fsp3) is 0.389. The highest BCUT2D eigenvalue weighted by Crippen LogP contribution is 2.19. The first-order valence-corrected chi connectivity index (χ1v) is 8.26. The van der Waals surface area contributed by atoms with E-state index in [0.29, 0.717) is 12.2 Å². The number of carbonyl (C=O) groups excluding carboxylic acids is 1. The van der Waals surface area contributed by atoms with Crippen LogP contribution in [0, 0.1) is 0 Å². The van der Waals surface area contributed by atoms with Crippen LogP contribution in [0.15, 0.2) is 41.2 Å². The smallest absolute Gasteiger partial charge is 0.267 e. The molecule has 1 aliphatic rings. The van der Waals surface area contributed by atoms with E-state index >= 15 is 0 Å². The quantitative estimate of drug-likeness (QED) is 0.853. The summed E-state index contributed by atoms with van der Waals surface area (Å²) < 4.78 is 11.8. The van der Waals surface area contributed by atoms with Gasteiger partial charge in [-0.3, -0.25) is 9.59 Å². The van der Waals surface area contributed by atoms with Crippen molar-refractivity contribution < 1.29 is 14.3 Å². The number of nitrogens with zero attached hydrogens (tertiary/aromatic N) is 2. The number of nitrogens with one attached hydrogen (secondary N) is 1. The summed E-state index contributed by atoms with van der Waals surface area (Å²) in [6.45, 7) is 1.09. The fourth-order valence-corrected chi connectivity index (χ4v) is 2.70. The van der Waals surface area contributed by atoms with Crippen LogP contribution in [-0.2, 0) is 16.1 Å². The average molecular weight is 343 g/mol. The first kappa shape index (κ1) is 17.2. The zero-order chi connectivity index (χ0) is 17.6. The van der Waals surface area contributed by atoms with Crippen LogP contribution < -0.4 is 15.6 Å². The van der Waals surface area contributed by atoms with Crippen molar-refractivity contribution in [2.45, 2.75) is 25.5 Å². The van der Waals surface area contributed by atoms with E-state index in [1.807, 2.05) is 24.3 Å². The van der Waals surface area contributed by atoms with E-state index in [-0.39, 0.29) is 24.1 Å². The molecule has 1 fully saturated rings. The van der Waals surface area contributed by atoms with E-state index in [0.717, 1.165) is 30.8 Å². The lowest BCUT2D eigenvalue weighted by Crippen LogP contribution is -2.37. The molecular weight excluding hydrogens is 322 g/mol. The van der Waals surface area contributed by atoms with Gasteiger partial charge in [-0.05, 0) is 43.2 Å². The van der Waals surface area contributed by atoms with Crippen molar-refractivity contribution in [1.29, 1.82) is 0 Å². The molecule has 7 nitrogen and oxygen atoms in total. The number of methoxy groups -OCH3 is 1. The summed E-state index contributed by atoms with van der Waals surface area (Å²) in [7, 11) is 1.60. The van der Waals surface area contributed by atoms with E-state index in [1.54, 1.807) is 13.2 Å². The molecule has 1 aromatic carbocycles. The molecule has 7 heteroatoms. The Balaban J connectivity index is 1.68. The Morgan fingerprint density at radius 1 is 1.32 bits per heavy atom. The number of hydrogen-bond acceptors (Lipinski definition) is 5. The van der Waals surface area contributed by atoms with Crippen molar-refractivity contribution in [3.63, 3.8) is 0 Å². The van der Waals surface area contributed by atoms with Gasteiger partial charge < -0.3 is 14.8 Å². The van der Waals surface area contributed by atoms with Gasteiger partial charge in [0.05, 0.1) is 18.9 Å². The van der Waals surface area contributed by atoms with Crippen LogP contribution in [0.2, 0.25) is 0 Å². The molecule has 1 aliphatic heterocycles. The Kier molecular flexibility index (Phi) is 5.45. The summed E-state index contributed by atoms with van der Waals surface area (Å²) in [6, 6.07) is 10.4. The molecule has 2 heterocycles. The molecule has 1 saturated heterocycles. The van der Waals surface area contributed by atoms with E-state index in [4.69, 9.17) is 9.47 Å². The van der Waals surface area contributed by atoms with Gasteiger partial charge in [0.1, 0.15) is 12.3 Å². The predicted molar refractivity (Wildman–Crippen MR) is 92.5 cm³/mol. The molecule has 0 bridgehead atoms. The zero-order valence-electron chi connectivity index (χ0n) is 14.1. The average Bonchev–Trinajstić information content (AvgIpc) is 3.15. The lowest BCUT2D eigenvalue weighted by Gasteiger charge is -2.11. The van der Waals surface area contributed by atoms with Crippen molar-refractivity contribution in [2.75, 3.05) is 20.3 Å². The maximum absolute atomic E-state index is 12.1. The molecule has 0 unspecified atom stereocenters. The van der Waals surface area contributed by atoms with E-state index in [2.05, 4.69) is 10.4 Å². The summed E-state index contributed by atoms with van der Waals surface area (Å²) in [5.41, 5.74) is 1.15. The van der Waals surface area contributed by atoms with Gasteiger partial charge in [-0.1, -0.05) is 0 Å². The van der Waals surface area contributed by atoms with Crippen molar-refractivity contribution in [3.8, 4) is 17.0 Å². The molecule has 1 atom stereocenters. The van der Waals surface area contributed by atoms with Crippen molar-refractivity contribution in [2.24, 2.45) is 0 Å². The normalized spacial score (nSPS) is 16.6. The molecular formula is C18H21N3O4. The molecule has 0 saturated carbocycles. The van der Waals surface area contributed by atoms with Gasteiger partial charge in [-0.25, -0.2) is 4.68 Å². The maximum Gasteiger partial charge on any atom is 0.267 e. The van der Waals surface area contributed by atoms with Crippen LogP contribution in [-0.4, -0.2) is 42.1 Å². The second kappa shape index (κ2) is 7.94. The second-order valence-electron chi connectivity index (χ2n) is 5.88. The highest BCUT2D eigenvalue weighted by atomic mass is 16.5. The summed E-state index contributed by atoms with van der Waals surface area (Å²) in [5, 5.41) is 7.08. The minimum atomic E-state index is -0.315. The van der Waals surface area contributed by atoms with Crippen LogP contribution in [0.4, 0.5) is 0 Å². The van der Waals surface area contributed by atoms with Crippen LogP contribution in [0.5, 0.6) is 5.75 Å². The fourth-order valence-electron chi connectivity index (χ4n) is 2.70. The van der Waals surface area contributed by atoms with E-state index in [1.165, 1.54) is 10.7 Å². The minimum Gasteiger partial charge on any atom is -0.497 e. The number of ether oxygens (including phenoxy) is 2. The van der Waals surface area contributed by atoms with Crippen LogP contribution in [0.25, 0.3) is 11.3 Å². The number of amides is 1. The highest BCUT2D eigenvalue weighted by molar-refractivity contribution is 5.75. The standard InChI is InChI=1S/C18H21N3O4/c1-24-14-6-4-13(5-7-14)16-8-9-18(23)21(20-16)12-17(22)19-11-15-3-2-10-25-15/h4-9,15H,2-3,10-12H2,1H3,(H,19,22)/t15-/m1/s1. The Hall–Kier alpha value is -2.67. The van der Waals surface area contributed by atoms with Gasteiger partial charge in [-0.2, -0.15) is 5.10 Å². The van der Waals surface area contributed by atoms with Gasteiger partial charge in [0.2, 0.25) is 5.91 Å². The van der Waals surface area contributed by atoms with E-state index < -0.39 is 0 Å². The molecule has 25 heavy (non-hydrogen) atoms. The summed E-state index contributed by atoms with van der Waals surface area (Å²) in [6.07, 6.45) is 2.04. The maximum atomic E-state index is 12.1. The second-order valence-corrected chi connectivity index (χ2v) is 5.88. The Morgan fingerprint density at radius 2 is 2.12 bits per heavy atom. The largest absolute Gasteiger partial charge is 0.497 e. The first-order chi connectivity index (χ1) is 12.2. The zero-order valence-corrected chi connectivity index (χ0v) is 14.1. The lowest BCUT2D eigenvalue weighted by atomic mass is 10.1. The van der Waals surface area contributed by atoms with Crippen LogP contribution in [0.1, 0.15) is 12.8 Å². The minimum absolute atomic E-state index is 0.0688. The Morgan fingerprint density at radius 3 is 2.80 bits per heavy atom. The SMILES string of the molecule is COc1ccc(-c2ccc(=O)n(CC(=O)NC[C@H]3CCCO3)n2)cc1. The Bertz CT molecular complexity index is 780. The highest BCUT2D eigenvalue weighted by Gasteiger charge is 2.16. The molecule has 1 amide bonds. The molecule has 1 aromatic heterocycles. The third-order valence-corrected chi connectivity index (χ3v) is 4.10. The molecule has 1 N–H and O–H groups in total. The van der Waals surface area contributed by atoms with Gasteiger partial charge >= 0.3 is 0 Å². The van der Waals surface area contributed by atoms with Crippen molar-refractivity contribution in [3.05, 3.63) is 46.8 Å². The molecule has 2 aromatic rings. The van der Waals surface area contributed by atoms with E-state index in [9.17, 15) is 9.59 Å². The van der Waals surface area contributed by atoms with Gasteiger partial charge in [-0.15, -0.1) is 0 Å². The first-order valence-electron chi connectivity index (χ1n) is 8.26. The predicted octanol–water partition coefficient (Wildman–Crippen LogP) is 1.21.